The minimum Gasteiger partial charge on any atom is -0.390 e. The molecule has 0 saturated heterocycles. The van der Waals surface area contributed by atoms with E-state index in [2.05, 4.69) is 0 Å². The van der Waals surface area contributed by atoms with Crippen molar-refractivity contribution in [1.29, 1.82) is 0 Å². The Morgan fingerprint density at radius 3 is 2.57 bits per heavy atom. The molecule has 0 heterocycles. The van der Waals surface area contributed by atoms with Crippen LogP contribution in [-0.4, -0.2) is 17.3 Å². The molecule has 0 aromatic heterocycles. The zero-order valence-electron chi connectivity index (χ0n) is 8.28. The molecule has 0 radical (unpaired) electrons. The molecule has 0 amide bonds. The summed E-state index contributed by atoms with van der Waals surface area (Å²) in [7, 11) is 0. The Hall–Kier alpha value is -0.860. The van der Waals surface area contributed by atoms with Crippen molar-refractivity contribution in [3.63, 3.8) is 0 Å². The van der Waals surface area contributed by atoms with E-state index in [1.165, 1.54) is 5.56 Å². The van der Waals surface area contributed by atoms with Crippen molar-refractivity contribution in [2.24, 2.45) is 0 Å². The maximum Gasteiger partial charge on any atom is 0.0716 e. The van der Waals surface area contributed by atoms with Gasteiger partial charge in [-0.05, 0) is 24.8 Å². The average Bonchev–Trinajstić information content (AvgIpc) is 2.94. The van der Waals surface area contributed by atoms with Gasteiger partial charge < -0.3 is 9.84 Å². The van der Waals surface area contributed by atoms with Gasteiger partial charge in [0, 0.05) is 6.61 Å². The molecule has 1 aromatic rings. The first kappa shape index (κ1) is 9.69. The first-order valence-corrected chi connectivity index (χ1v) is 5.13. The van der Waals surface area contributed by atoms with E-state index in [-0.39, 0.29) is 5.60 Å². The lowest BCUT2D eigenvalue weighted by Crippen LogP contribution is -2.10. The van der Waals surface area contributed by atoms with E-state index in [1.807, 2.05) is 30.3 Å². The minimum atomic E-state index is -0.378. The summed E-state index contributed by atoms with van der Waals surface area (Å²) in [5.74, 6) is 0. The Labute approximate surface area is 84.5 Å². The molecule has 2 heteroatoms. The summed E-state index contributed by atoms with van der Waals surface area (Å²) in [6, 6.07) is 10.1. The van der Waals surface area contributed by atoms with Gasteiger partial charge in [0.1, 0.15) is 0 Å². The third kappa shape index (κ3) is 2.82. The predicted octanol–water partition coefficient (Wildman–Crippen LogP) is 2.12. The first-order valence-electron chi connectivity index (χ1n) is 5.13. The second-order valence-electron chi connectivity index (χ2n) is 4.01. The molecular weight excluding hydrogens is 176 g/mol. The summed E-state index contributed by atoms with van der Waals surface area (Å²) in [6.45, 7) is 1.31. The molecule has 0 spiro atoms. The summed E-state index contributed by atoms with van der Waals surface area (Å²) < 4.78 is 5.48. The van der Waals surface area contributed by atoms with Crippen molar-refractivity contribution < 1.29 is 9.84 Å². The molecule has 2 rings (SSSR count). The SMILES string of the molecule is OC1(CCOCc2ccccc2)CC1. The Bertz CT molecular complexity index is 278. The fourth-order valence-corrected chi connectivity index (χ4v) is 1.42. The normalized spacial score (nSPS) is 18.1. The van der Waals surface area contributed by atoms with Crippen LogP contribution in [0.5, 0.6) is 0 Å². The lowest BCUT2D eigenvalue weighted by atomic mass is 10.2. The maximum absolute atomic E-state index is 9.55. The lowest BCUT2D eigenvalue weighted by Gasteiger charge is -2.07. The smallest absolute Gasteiger partial charge is 0.0716 e. The van der Waals surface area contributed by atoms with E-state index in [0.29, 0.717) is 13.2 Å². The highest BCUT2D eigenvalue weighted by molar-refractivity contribution is 5.13. The van der Waals surface area contributed by atoms with E-state index in [4.69, 9.17) is 4.74 Å². The van der Waals surface area contributed by atoms with E-state index >= 15 is 0 Å². The molecule has 1 aliphatic rings. The predicted molar refractivity (Wildman–Crippen MR) is 54.9 cm³/mol. The second-order valence-corrected chi connectivity index (χ2v) is 4.01. The highest BCUT2D eigenvalue weighted by atomic mass is 16.5. The highest BCUT2D eigenvalue weighted by Gasteiger charge is 2.39. The van der Waals surface area contributed by atoms with E-state index in [9.17, 15) is 5.11 Å². The van der Waals surface area contributed by atoms with Crippen molar-refractivity contribution in [3.05, 3.63) is 35.9 Å². The molecule has 76 valence electrons. The van der Waals surface area contributed by atoms with Crippen LogP contribution in [0.25, 0.3) is 0 Å². The van der Waals surface area contributed by atoms with Crippen molar-refractivity contribution in [1.82, 2.24) is 0 Å². The zero-order chi connectivity index (χ0) is 9.86. The van der Waals surface area contributed by atoms with Crippen molar-refractivity contribution in [3.8, 4) is 0 Å². The zero-order valence-corrected chi connectivity index (χ0v) is 8.28. The van der Waals surface area contributed by atoms with Crippen LogP contribution in [-0.2, 0) is 11.3 Å². The van der Waals surface area contributed by atoms with Gasteiger partial charge in [0.05, 0.1) is 12.2 Å². The van der Waals surface area contributed by atoms with Gasteiger partial charge in [-0.15, -0.1) is 0 Å². The Morgan fingerprint density at radius 2 is 1.93 bits per heavy atom. The molecule has 1 aromatic carbocycles. The maximum atomic E-state index is 9.55. The van der Waals surface area contributed by atoms with Crippen molar-refractivity contribution in [2.45, 2.75) is 31.5 Å². The molecule has 1 aliphatic carbocycles. The van der Waals surface area contributed by atoms with Gasteiger partial charge in [-0.3, -0.25) is 0 Å². The van der Waals surface area contributed by atoms with Gasteiger partial charge in [0.2, 0.25) is 0 Å². The third-order valence-corrected chi connectivity index (χ3v) is 2.65. The molecular formula is C12H16O2. The number of hydrogen-bond donors (Lipinski definition) is 1. The average molecular weight is 192 g/mol. The summed E-state index contributed by atoms with van der Waals surface area (Å²) in [6.07, 6.45) is 2.67. The number of rotatable bonds is 5. The van der Waals surface area contributed by atoms with Crippen LogP contribution >= 0.6 is 0 Å². The van der Waals surface area contributed by atoms with Crippen molar-refractivity contribution in [2.75, 3.05) is 6.61 Å². The third-order valence-electron chi connectivity index (χ3n) is 2.65. The standard InChI is InChI=1S/C12H16O2/c13-12(6-7-12)8-9-14-10-11-4-2-1-3-5-11/h1-5,13H,6-10H2. The quantitative estimate of drug-likeness (QED) is 0.724. The van der Waals surface area contributed by atoms with Crippen LogP contribution in [0.4, 0.5) is 0 Å². The molecule has 1 saturated carbocycles. The van der Waals surface area contributed by atoms with Crippen LogP contribution in [0.1, 0.15) is 24.8 Å². The number of ether oxygens (including phenoxy) is 1. The fourth-order valence-electron chi connectivity index (χ4n) is 1.42. The number of aliphatic hydroxyl groups is 1. The van der Waals surface area contributed by atoms with Crippen LogP contribution in [0.2, 0.25) is 0 Å². The van der Waals surface area contributed by atoms with Gasteiger partial charge in [-0.2, -0.15) is 0 Å². The topological polar surface area (TPSA) is 29.5 Å². The van der Waals surface area contributed by atoms with Gasteiger partial charge in [0.25, 0.3) is 0 Å². The van der Waals surface area contributed by atoms with E-state index < -0.39 is 0 Å². The summed E-state index contributed by atoms with van der Waals surface area (Å²) in [5.41, 5.74) is 0.812. The van der Waals surface area contributed by atoms with E-state index in [0.717, 1.165) is 19.3 Å². The minimum absolute atomic E-state index is 0.378. The Balaban J connectivity index is 1.63. The fraction of sp³-hybridized carbons (Fsp3) is 0.500. The molecule has 0 unspecified atom stereocenters. The van der Waals surface area contributed by atoms with Crippen LogP contribution in [0.15, 0.2) is 30.3 Å². The summed E-state index contributed by atoms with van der Waals surface area (Å²) >= 11 is 0. The molecule has 1 fully saturated rings. The molecule has 14 heavy (non-hydrogen) atoms. The number of benzene rings is 1. The first-order chi connectivity index (χ1) is 6.79. The van der Waals surface area contributed by atoms with Gasteiger partial charge in [0.15, 0.2) is 0 Å². The van der Waals surface area contributed by atoms with Crippen LogP contribution in [0, 0.1) is 0 Å². The van der Waals surface area contributed by atoms with Crippen LogP contribution < -0.4 is 0 Å². The van der Waals surface area contributed by atoms with Crippen molar-refractivity contribution >= 4 is 0 Å². The summed E-state index contributed by atoms with van der Waals surface area (Å²) in [4.78, 5) is 0. The molecule has 1 N–H and O–H groups in total. The molecule has 0 atom stereocenters. The van der Waals surface area contributed by atoms with Gasteiger partial charge >= 0.3 is 0 Å². The second kappa shape index (κ2) is 4.11. The number of hydrogen-bond acceptors (Lipinski definition) is 2. The largest absolute Gasteiger partial charge is 0.390 e. The lowest BCUT2D eigenvalue weighted by molar-refractivity contribution is 0.0619. The molecule has 0 aliphatic heterocycles. The summed E-state index contributed by atoms with van der Waals surface area (Å²) in [5, 5.41) is 9.55. The van der Waals surface area contributed by atoms with Gasteiger partial charge in [-0.1, -0.05) is 30.3 Å². The molecule has 2 nitrogen and oxygen atoms in total. The Kier molecular flexibility index (Phi) is 2.85. The van der Waals surface area contributed by atoms with Crippen LogP contribution in [0.3, 0.4) is 0 Å². The Morgan fingerprint density at radius 1 is 1.21 bits per heavy atom. The monoisotopic (exact) mass is 192 g/mol. The van der Waals surface area contributed by atoms with E-state index in [1.54, 1.807) is 0 Å². The highest BCUT2D eigenvalue weighted by Crippen LogP contribution is 2.38. The van der Waals surface area contributed by atoms with Gasteiger partial charge in [-0.25, -0.2) is 0 Å². The molecule has 0 bridgehead atoms.